The van der Waals surface area contributed by atoms with Gasteiger partial charge in [-0.3, -0.25) is 0 Å². The Labute approximate surface area is 123 Å². The highest BCUT2D eigenvalue weighted by Crippen LogP contribution is 2.26. The van der Waals surface area contributed by atoms with Crippen LogP contribution in [0.1, 0.15) is 49.4 Å². The standard InChI is InChI=1S/C16H21F2NO2/c1-2-3-9-21-16(20)12-10-14(18)15(11-13(12)17)19-7-5-4-6-8-19/h10-11H,2-9H2,1H3. The van der Waals surface area contributed by atoms with E-state index in [4.69, 9.17) is 4.74 Å². The smallest absolute Gasteiger partial charge is 0.341 e. The molecule has 1 saturated heterocycles. The van der Waals surface area contributed by atoms with E-state index in [2.05, 4.69) is 0 Å². The second-order valence-corrected chi connectivity index (χ2v) is 5.32. The van der Waals surface area contributed by atoms with Crippen LogP contribution in [0, 0.1) is 11.6 Å². The second-order valence-electron chi connectivity index (χ2n) is 5.32. The summed E-state index contributed by atoms with van der Waals surface area (Å²) in [6, 6.07) is 2.06. The van der Waals surface area contributed by atoms with Crippen LogP contribution in [0.4, 0.5) is 14.5 Å². The first-order chi connectivity index (χ1) is 10.1. The van der Waals surface area contributed by atoms with Crippen LogP contribution in [0.2, 0.25) is 0 Å². The first kappa shape index (κ1) is 15.7. The number of unbranched alkanes of at least 4 members (excludes halogenated alkanes) is 1. The molecule has 5 heteroatoms. The van der Waals surface area contributed by atoms with Crippen molar-refractivity contribution in [3.63, 3.8) is 0 Å². The highest BCUT2D eigenvalue weighted by molar-refractivity contribution is 5.90. The molecule has 0 aromatic heterocycles. The summed E-state index contributed by atoms with van der Waals surface area (Å²) in [5, 5.41) is 0. The lowest BCUT2D eigenvalue weighted by atomic mass is 10.1. The van der Waals surface area contributed by atoms with Crippen LogP contribution in [0.15, 0.2) is 12.1 Å². The number of rotatable bonds is 5. The molecule has 2 rings (SSSR count). The molecular formula is C16H21F2NO2. The number of halogens is 2. The van der Waals surface area contributed by atoms with Crippen LogP contribution in [0.25, 0.3) is 0 Å². The number of hydrogen-bond acceptors (Lipinski definition) is 3. The van der Waals surface area contributed by atoms with E-state index in [1.807, 2.05) is 11.8 Å². The molecule has 0 saturated carbocycles. The molecule has 1 aromatic carbocycles. The molecule has 0 atom stereocenters. The Morgan fingerprint density at radius 3 is 2.57 bits per heavy atom. The Balaban J connectivity index is 2.14. The molecule has 0 N–H and O–H groups in total. The van der Waals surface area contributed by atoms with Gasteiger partial charge in [-0.15, -0.1) is 0 Å². The average Bonchev–Trinajstić information content (AvgIpc) is 2.50. The van der Waals surface area contributed by atoms with Crippen molar-refractivity contribution in [3.8, 4) is 0 Å². The van der Waals surface area contributed by atoms with E-state index in [1.165, 1.54) is 0 Å². The number of carbonyl (C=O) groups is 1. The lowest BCUT2D eigenvalue weighted by Gasteiger charge is -2.29. The van der Waals surface area contributed by atoms with Gasteiger partial charge in [-0.05, 0) is 31.7 Å². The minimum atomic E-state index is -0.801. The molecule has 0 radical (unpaired) electrons. The van der Waals surface area contributed by atoms with Gasteiger partial charge in [-0.1, -0.05) is 13.3 Å². The molecule has 0 aliphatic carbocycles. The molecule has 21 heavy (non-hydrogen) atoms. The van der Waals surface area contributed by atoms with Crippen LogP contribution in [-0.2, 0) is 4.74 Å². The predicted molar refractivity (Wildman–Crippen MR) is 77.6 cm³/mol. The number of nitrogens with zero attached hydrogens (tertiary/aromatic N) is 1. The molecule has 1 fully saturated rings. The van der Waals surface area contributed by atoms with E-state index < -0.39 is 17.6 Å². The van der Waals surface area contributed by atoms with Crippen molar-refractivity contribution in [3.05, 3.63) is 29.3 Å². The van der Waals surface area contributed by atoms with Gasteiger partial charge in [0.1, 0.15) is 11.6 Å². The zero-order valence-electron chi connectivity index (χ0n) is 12.3. The van der Waals surface area contributed by atoms with Crippen LogP contribution in [0.5, 0.6) is 0 Å². The summed E-state index contributed by atoms with van der Waals surface area (Å²) in [5.74, 6) is -2.09. The lowest BCUT2D eigenvalue weighted by molar-refractivity contribution is 0.0494. The first-order valence-corrected chi connectivity index (χ1v) is 7.54. The predicted octanol–water partition coefficient (Wildman–Crippen LogP) is 3.91. The zero-order chi connectivity index (χ0) is 15.2. The molecule has 1 aliphatic rings. The molecule has 0 unspecified atom stereocenters. The van der Waals surface area contributed by atoms with Gasteiger partial charge in [-0.2, -0.15) is 0 Å². The Morgan fingerprint density at radius 2 is 1.90 bits per heavy atom. The van der Waals surface area contributed by atoms with E-state index >= 15 is 0 Å². The summed E-state index contributed by atoms with van der Waals surface area (Å²) in [5.41, 5.74) is -0.0957. The van der Waals surface area contributed by atoms with Gasteiger partial charge in [0.25, 0.3) is 0 Å². The van der Waals surface area contributed by atoms with Gasteiger partial charge in [0.2, 0.25) is 0 Å². The maximum atomic E-state index is 14.1. The Kier molecular flexibility index (Phi) is 5.53. The fourth-order valence-electron chi connectivity index (χ4n) is 2.46. The van der Waals surface area contributed by atoms with E-state index in [9.17, 15) is 13.6 Å². The summed E-state index contributed by atoms with van der Waals surface area (Å²) < 4.78 is 33.1. The summed E-state index contributed by atoms with van der Waals surface area (Å²) in [4.78, 5) is 13.6. The van der Waals surface area contributed by atoms with Crippen molar-refractivity contribution < 1.29 is 18.3 Å². The number of esters is 1. The molecular weight excluding hydrogens is 276 g/mol. The van der Waals surface area contributed by atoms with Crippen LogP contribution in [0.3, 0.4) is 0 Å². The van der Waals surface area contributed by atoms with E-state index in [0.717, 1.165) is 50.9 Å². The summed E-state index contributed by atoms with van der Waals surface area (Å²) in [7, 11) is 0. The van der Waals surface area contributed by atoms with Crippen molar-refractivity contribution in [2.45, 2.75) is 39.0 Å². The van der Waals surface area contributed by atoms with Crippen LogP contribution in [-0.4, -0.2) is 25.7 Å². The summed E-state index contributed by atoms with van der Waals surface area (Å²) in [6.07, 6.45) is 4.64. The van der Waals surface area contributed by atoms with Crippen molar-refractivity contribution in [2.75, 3.05) is 24.6 Å². The summed E-state index contributed by atoms with van der Waals surface area (Å²) >= 11 is 0. The number of carbonyl (C=O) groups excluding carboxylic acids is 1. The number of benzene rings is 1. The van der Waals surface area contributed by atoms with Crippen molar-refractivity contribution >= 4 is 11.7 Å². The SMILES string of the molecule is CCCCOC(=O)c1cc(F)c(N2CCCCC2)cc1F. The van der Waals surface area contributed by atoms with Crippen molar-refractivity contribution in [1.29, 1.82) is 0 Å². The lowest BCUT2D eigenvalue weighted by Crippen LogP contribution is -2.30. The molecule has 1 aromatic rings. The minimum absolute atomic E-state index is 0.226. The van der Waals surface area contributed by atoms with E-state index in [1.54, 1.807) is 0 Å². The van der Waals surface area contributed by atoms with Gasteiger partial charge in [0, 0.05) is 19.2 Å². The maximum Gasteiger partial charge on any atom is 0.341 e. The van der Waals surface area contributed by atoms with Crippen LogP contribution >= 0.6 is 0 Å². The number of piperidine rings is 1. The largest absolute Gasteiger partial charge is 0.462 e. The fraction of sp³-hybridized carbons (Fsp3) is 0.562. The molecule has 1 heterocycles. The Morgan fingerprint density at radius 1 is 1.19 bits per heavy atom. The highest BCUT2D eigenvalue weighted by atomic mass is 19.1. The number of hydrogen-bond donors (Lipinski definition) is 0. The first-order valence-electron chi connectivity index (χ1n) is 7.54. The Hall–Kier alpha value is -1.65. The van der Waals surface area contributed by atoms with Crippen molar-refractivity contribution in [2.24, 2.45) is 0 Å². The number of ether oxygens (including phenoxy) is 1. The van der Waals surface area contributed by atoms with Gasteiger partial charge in [0.05, 0.1) is 17.9 Å². The van der Waals surface area contributed by atoms with Crippen molar-refractivity contribution in [1.82, 2.24) is 0 Å². The van der Waals surface area contributed by atoms with E-state index in [-0.39, 0.29) is 17.9 Å². The average molecular weight is 297 g/mol. The third kappa shape index (κ3) is 3.93. The van der Waals surface area contributed by atoms with E-state index in [0.29, 0.717) is 6.42 Å². The molecule has 1 aliphatic heterocycles. The highest BCUT2D eigenvalue weighted by Gasteiger charge is 2.21. The van der Waals surface area contributed by atoms with Gasteiger partial charge in [0.15, 0.2) is 0 Å². The monoisotopic (exact) mass is 297 g/mol. The molecule has 3 nitrogen and oxygen atoms in total. The molecule has 116 valence electrons. The minimum Gasteiger partial charge on any atom is -0.462 e. The topological polar surface area (TPSA) is 29.5 Å². The molecule has 0 amide bonds. The van der Waals surface area contributed by atoms with Gasteiger partial charge < -0.3 is 9.64 Å². The third-order valence-corrected chi connectivity index (χ3v) is 3.68. The zero-order valence-corrected chi connectivity index (χ0v) is 12.3. The third-order valence-electron chi connectivity index (χ3n) is 3.68. The van der Waals surface area contributed by atoms with Gasteiger partial charge >= 0.3 is 5.97 Å². The fourth-order valence-corrected chi connectivity index (χ4v) is 2.46. The molecule has 0 bridgehead atoms. The quantitative estimate of drug-likeness (QED) is 0.609. The Bertz CT molecular complexity index is 499. The molecule has 0 spiro atoms. The van der Waals surface area contributed by atoms with Gasteiger partial charge in [-0.25, -0.2) is 13.6 Å². The summed E-state index contributed by atoms with van der Waals surface area (Å²) in [6.45, 7) is 3.62. The second kappa shape index (κ2) is 7.38. The number of anilines is 1. The normalized spacial score (nSPS) is 15.1. The maximum absolute atomic E-state index is 14.1. The van der Waals surface area contributed by atoms with Crippen LogP contribution < -0.4 is 4.90 Å².